The molecule has 0 fully saturated rings. The van der Waals surface area contributed by atoms with Gasteiger partial charge in [0, 0.05) is 28.9 Å². The minimum atomic E-state index is -0.745. The van der Waals surface area contributed by atoms with Gasteiger partial charge in [-0.2, -0.15) is 5.10 Å². The summed E-state index contributed by atoms with van der Waals surface area (Å²) in [7, 11) is 0. The van der Waals surface area contributed by atoms with Crippen LogP contribution in [0.15, 0.2) is 65.5 Å². The van der Waals surface area contributed by atoms with Gasteiger partial charge < -0.3 is 9.30 Å². The Hall–Kier alpha value is -4.00. The molecule has 2 aromatic heterocycles. The SMILES string of the molecule is CCn1c(C)cc(C(=O)COC(=O)c2nn(Cc3ccccc3)c(=O)c3ccccc23)c1C. The average Bonchev–Trinajstić information content (AvgIpc) is 3.12. The van der Waals surface area contributed by atoms with Crippen molar-refractivity contribution in [3.8, 4) is 0 Å². The molecule has 2 aromatic carbocycles. The maximum atomic E-state index is 13.0. The summed E-state index contributed by atoms with van der Waals surface area (Å²) in [5, 5.41) is 5.07. The number of esters is 1. The van der Waals surface area contributed by atoms with Gasteiger partial charge in [-0.3, -0.25) is 9.59 Å². The van der Waals surface area contributed by atoms with Crippen LogP contribution in [-0.2, 0) is 17.8 Å². The van der Waals surface area contributed by atoms with Crippen LogP contribution in [0.3, 0.4) is 0 Å². The molecule has 0 unspecified atom stereocenters. The normalized spacial score (nSPS) is 11.0. The van der Waals surface area contributed by atoms with E-state index in [0.717, 1.165) is 23.5 Å². The topological polar surface area (TPSA) is 83.2 Å². The summed E-state index contributed by atoms with van der Waals surface area (Å²) in [6.45, 7) is 6.39. The summed E-state index contributed by atoms with van der Waals surface area (Å²) in [5.41, 5.74) is 2.94. The highest BCUT2D eigenvalue weighted by Crippen LogP contribution is 2.18. The van der Waals surface area contributed by atoms with E-state index in [0.29, 0.717) is 16.3 Å². The summed E-state index contributed by atoms with van der Waals surface area (Å²) in [6, 6.07) is 18.0. The van der Waals surface area contributed by atoms with Crippen molar-refractivity contribution in [1.29, 1.82) is 0 Å². The molecular weight excluding hydrogens is 418 g/mol. The quantitative estimate of drug-likeness (QED) is 0.319. The van der Waals surface area contributed by atoms with Gasteiger partial charge in [-0.1, -0.05) is 48.5 Å². The van der Waals surface area contributed by atoms with Crippen molar-refractivity contribution in [1.82, 2.24) is 14.3 Å². The monoisotopic (exact) mass is 443 g/mol. The van der Waals surface area contributed by atoms with Crippen LogP contribution in [0.1, 0.15) is 44.7 Å². The predicted molar refractivity (Wildman–Crippen MR) is 126 cm³/mol. The number of carbonyl (C=O) groups excluding carboxylic acids is 2. The Morgan fingerprint density at radius 3 is 2.30 bits per heavy atom. The largest absolute Gasteiger partial charge is 0.452 e. The van der Waals surface area contributed by atoms with E-state index in [9.17, 15) is 14.4 Å². The van der Waals surface area contributed by atoms with E-state index in [2.05, 4.69) is 5.10 Å². The molecule has 0 radical (unpaired) electrons. The number of carbonyl (C=O) groups is 2. The molecule has 0 atom stereocenters. The lowest BCUT2D eigenvalue weighted by atomic mass is 10.1. The first kappa shape index (κ1) is 22.2. The summed E-state index contributed by atoms with van der Waals surface area (Å²) in [6.07, 6.45) is 0. The van der Waals surface area contributed by atoms with Crippen molar-refractivity contribution in [2.45, 2.75) is 33.9 Å². The van der Waals surface area contributed by atoms with Gasteiger partial charge in [-0.25, -0.2) is 9.48 Å². The molecule has 4 rings (SSSR count). The van der Waals surface area contributed by atoms with Crippen molar-refractivity contribution in [3.63, 3.8) is 0 Å². The molecule has 0 aliphatic rings. The van der Waals surface area contributed by atoms with Crippen LogP contribution >= 0.6 is 0 Å². The van der Waals surface area contributed by atoms with Crippen molar-refractivity contribution in [3.05, 3.63) is 99.2 Å². The molecule has 4 aromatic rings. The van der Waals surface area contributed by atoms with Gasteiger partial charge in [0.1, 0.15) is 0 Å². The van der Waals surface area contributed by atoms with Crippen LogP contribution in [0.4, 0.5) is 0 Å². The second-order valence-electron chi connectivity index (χ2n) is 7.87. The highest BCUT2D eigenvalue weighted by atomic mass is 16.5. The zero-order valence-electron chi connectivity index (χ0n) is 18.9. The van der Waals surface area contributed by atoms with Crippen molar-refractivity contribution < 1.29 is 14.3 Å². The lowest BCUT2D eigenvalue weighted by Crippen LogP contribution is -2.27. The maximum Gasteiger partial charge on any atom is 0.359 e. The maximum absolute atomic E-state index is 13.0. The fourth-order valence-corrected chi connectivity index (χ4v) is 4.10. The molecule has 2 heterocycles. The van der Waals surface area contributed by atoms with Gasteiger partial charge in [-0.15, -0.1) is 0 Å². The zero-order valence-corrected chi connectivity index (χ0v) is 18.9. The third-order valence-corrected chi connectivity index (χ3v) is 5.76. The van der Waals surface area contributed by atoms with Gasteiger partial charge in [0.2, 0.25) is 5.78 Å². The molecular formula is C26H25N3O4. The number of hydrogen-bond acceptors (Lipinski definition) is 5. The van der Waals surface area contributed by atoms with Crippen LogP contribution in [0.25, 0.3) is 10.8 Å². The Labute approximate surface area is 191 Å². The standard InChI is InChI=1S/C26H25N3O4/c1-4-28-17(2)14-22(18(28)3)23(30)16-33-26(32)24-20-12-8-9-13-21(20)25(31)29(27-24)15-19-10-6-5-7-11-19/h5-14H,4,15-16H2,1-3H3. The Kier molecular flexibility index (Phi) is 6.22. The first-order valence-electron chi connectivity index (χ1n) is 10.8. The second kappa shape index (κ2) is 9.24. The number of Topliss-reactive ketones (excluding diaryl/α,β-unsaturated/α-hetero) is 1. The molecule has 0 amide bonds. The van der Waals surface area contributed by atoms with Gasteiger partial charge in [0.25, 0.3) is 5.56 Å². The van der Waals surface area contributed by atoms with E-state index in [4.69, 9.17) is 4.74 Å². The highest BCUT2D eigenvalue weighted by Gasteiger charge is 2.21. The molecule has 168 valence electrons. The van der Waals surface area contributed by atoms with E-state index >= 15 is 0 Å². The summed E-state index contributed by atoms with van der Waals surface area (Å²) in [4.78, 5) is 38.7. The molecule has 0 bridgehead atoms. The lowest BCUT2D eigenvalue weighted by molar-refractivity contribution is 0.0468. The van der Waals surface area contributed by atoms with E-state index in [-0.39, 0.29) is 23.6 Å². The molecule has 0 aliphatic heterocycles. The van der Waals surface area contributed by atoms with Crippen LogP contribution in [-0.4, -0.2) is 32.7 Å². The minimum Gasteiger partial charge on any atom is -0.452 e. The van der Waals surface area contributed by atoms with Crippen LogP contribution in [0.5, 0.6) is 0 Å². The summed E-state index contributed by atoms with van der Waals surface area (Å²) < 4.78 is 8.65. The first-order chi connectivity index (χ1) is 15.9. The fourth-order valence-electron chi connectivity index (χ4n) is 4.10. The summed E-state index contributed by atoms with van der Waals surface area (Å²) >= 11 is 0. The number of fused-ring (bicyclic) bond motifs is 1. The Balaban J connectivity index is 1.63. The first-order valence-corrected chi connectivity index (χ1v) is 10.8. The minimum absolute atomic E-state index is 0.00737. The molecule has 0 saturated heterocycles. The number of rotatable bonds is 7. The van der Waals surface area contributed by atoms with Crippen LogP contribution < -0.4 is 5.56 Å². The number of ether oxygens (including phenoxy) is 1. The zero-order chi connectivity index (χ0) is 23.5. The molecule has 0 N–H and O–H groups in total. The molecule has 7 nitrogen and oxygen atoms in total. The Morgan fingerprint density at radius 2 is 1.64 bits per heavy atom. The van der Waals surface area contributed by atoms with Gasteiger partial charge in [0.15, 0.2) is 12.3 Å². The predicted octanol–water partition coefficient (Wildman–Crippen LogP) is 3.92. The number of benzene rings is 2. The Morgan fingerprint density at radius 1 is 0.970 bits per heavy atom. The van der Waals surface area contributed by atoms with E-state index in [1.54, 1.807) is 24.3 Å². The smallest absolute Gasteiger partial charge is 0.359 e. The molecule has 0 saturated carbocycles. The third kappa shape index (κ3) is 4.35. The van der Waals surface area contributed by atoms with Crippen molar-refractivity contribution >= 4 is 22.5 Å². The van der Waals surface area contributed by atoms with Gasteiger partial charge in [-0.05, 0) is 38.5 Å². The van der Waals surface area contributed by atoms with Crippen molar-refractivity contribution in [2.24, 2.45) is 0 Å². The van der Waals surface area contributed by atoms with E-state index in [1.165, 1.54) is 4.68 Å². The number of hydrogen-bond donors (Lipinski definition) is 0. The van der Waals surface area contributed by atoms with E-state index < -0.39 is 12.6 Å². The van der Waals surface area contributed by atoms with Crippen LogP contribution in [0, 0.1) is 13.8 Å². The second-order valence-corrected chi connectivity index (χ2v) is 7.87. The fraction of sp³-hybridized carbons (Fsp3) is 0.231. The average molecular weight is 444 g/mol. The molecule has 0 spiro atoms. The third-order valence-electron chi connectivity index (χ3n) is 5.76. The number of aromatic nitrogens is 3. The number of ketones is 1. The van der Waals surface area contributed by atoms with Gasteiger partial charge >= 0.3 is 5.97 Å². The lowest BCUT2D eigenvalue weighted by Gasteiger charge is -2.11. The van der Waals surface area contributed by atoms with Crippen molar-refractivity contribution in [2.75, 3.05) is 6.61 Å². The van der Waals surface area contributed by atoms with Gasteiger partial charge in [0.05, 0.1) is 11.9 Å². The number of aryl methyl sites for hydroxylation is 1. The number of nitrogens with zero attached hydrogens (tertiary/aromatic N) is 3. The van der Waals surface area contributed by atoms with Crippen LogP contribution in [0.2, 0.25) is 0 Å². The molecule has 33 heavy (non-hydrogen) atoms. The molecule has 7 heteroatoms. The Bertz CT molecular complexity index is 1400. The summed E-state index contributed by atoms with van der Waals surface area (Å²) in [5.74, 6) is -1.02. The van der Waals surface area contributed by atoms with E-state index in [1.807, 2.05) is 61.7 Å². The highest BCUT2D eigenvalue weighted by molar-refractivity contribution is 6.04. The molecule has 0 aliphatic carbocycles.